The fourth-order valence-electron chi connectivity index (χ4n) is 4.04. The summed E-state index contributed by atoms with van der Waals surface area (Å²) in [5, 5.41) is 4.90. The van der Waals surface area contributed by atoms with Crippen LogP contribution in [0, 0.1) is 0 Å². The molecule has 3 heterocycles. The number of nitrogens with one attached hydrogen (secondary N) is 1. The Labute approximate surface area is 202 Å². The number of anilines is 2. The molecule has 1 aliphatic rings. The van der Waals surface area contributed by atoms with Crippen LogP contribution in [0.2, 0.25) is 0 Å². The van der Waals surface area contributed by atoms with Crippen molar-refractivity contribution >= 4 is 34.5 Å². The molecule has 0 saturated carbocycles. The first kappa shape index (κ1) is 21.9. The lowest BCUT2D eigenvalue weighted by Crippen LogP contribution is -2.48. The van der Waals surface area contributed by atoms with Gasteiger partial charge in [0.15, 0.2) is 0 Å². The Morgan fingerprint density at radius 3 is 2.12 bits per heavy atom. The normalized spacial score (nSPS) is 13.5. The van der Waals surface area contributed by atoms with Crippen LogP contribution in [-0.4, -0.2) is 47.9 Å². The highest BCUT2D eigenvalue weighted by molar-refractivity contribution is 7.12. The molecular weight excluding hydrogens is 444 g/mol. The average molecular weight is 469 g/mol. The number of amides is 2. The number of thiophene rings is 1. The van der Waals surface area contributed by atoms with Crippen molar-refractivity contribution in [1.82, 2.24) is 9.88 Å². The fourth-order valence-corrected chi connectivity index (χ4v) is 4.73. The Hall–Kier alpha value is -3.97. The Morgan fingerprint density at radius 1 is 0.794 bits per heavy atom. The first-order valence-corrected chi connectivity index (χ1v) is 12.0. The van der Waals surface area contributed by atoms with E-state index in [1.165, 1.54) is 11.3 Å². The van der Waals surface area contributed by atoms with Crippen molar-refractivity contribution in [2.24, 2.45) is 0 Å². The third-order valence-electron chi connectivity index (χ3n) is 5.95. The maximum absolute atomic E-state index is 12.7. The molecule has 0 radical (unpaired) electrons. The lowest BCUT2D eigenvalue weighted by Gasteiger charge is -2.36. The number of rotatable bonds is 5. The van der Waals surface area contributed by atoms with E-state index in [1.54, 1.807) is 12.4 Å². The topological polar surface area (TPSA) is 65.5 Å². The van der Waals surface area contributed by atoms with Crippen LogP contribution in [0.5, 0.6) is 0 Å². The summed E-state index contributed by atoms with van der Waals surface area (Å²) in [6.45, 7) is 2.97. The molecule has 2 amide bonds. The number of aromatic nitrogens is 1. The van der Waals surface area contributed by atoms with Gasteiger partial charge >= 0.3 is 0 Å². The summed E-state index contributed by atoms with van der Waals surface area (Å²) in [7, 11) is 0. The van der Waals surface area contributed by atoms with Gasteiger partial charge in [0.2, 0.25) is 0 Å². The second-order valence-corrected chi connectivity index (χ2v) is 9.02. The van der Waals surface area contributed by atoms with Gasteiger partial charge in [-0.25, -0.2) is 0 Å². The smallest absolute Gasteiger partial charge is 0.264 e. The molecule has 0 unspecified atom stereocenters. The molecule has 1 aliphatic heterocycles. The number of piperazine rings is 1. The van der Waals surface area contributed by atoms with Gasteiger partial charge in [-0.05, 0) is 71.1 Å². The largest absolute Gasteiger partial charge is 0.368 e. The van der Waals surface area contributed by atoms with Crippen LogP contribution in [0.3, 0.4) is 0 Å². The van der Waals surface area contributed by atoms with Crippen molar-refractivity contribution in [2.45, 2.75) is 0 Å². The van der Waals surface area contributed by atoms with Crippen molar-refractivity contribution in [3.05, 3.63) is 101 Å². The van der Waals surface area contributed by atoms with Crippen LogP contribution >= 0.6 is 11.3 Å². The molecule has 2 aromatic carbocycles. The average Bonchev–Trinajstić information content (AvgIpc) is 3.45. The van der Waals surface area contributed by atoms with Crippen molar-refractivity contribution < 1.29 is 9.59 Å². The van der Waals surface area contributed by atoms with E-state index in [2.05, 4.69) is 15.2 Å². The predicted octanol–water partition coefficient (Wildman–Crippen LogP) is 5.02. The number of benzene rings is 2. The second kappa shape index (κ2) is 9.89. The molecule has 6 nitrogen and oxygen atoms in total. The van der Waals surface area contributed by atoms with E-state index < -0.39 is 0 Å². The molecule has 0 aliphatic carbocycles. The van der Waals surface area contributed by atoms with Gasteiger partial charge in [0.1, 0.15) is 0 Å². The van der Waals surface area contributed by atoms with Gasteiger partial charge in [0.25, 0.3) is 11.8 Å². The highest BCUT2D eigenvalue weighted by Crippen LogP contribution is 2.22. The highest BCUT2D eigenvalue weighted by atomic mass is 32.1. The Morgan fingerprint density at radius 2 is 1.47 bits per heavy atom. The van der Waals surface area contributed by atoms with E-state index in [4.69, 9.17) is 0 Å². The molecule has 1 saturated heterocycles. The van der Waals surface area contributed by atoms with E-state index in [-0.39, 0.29) is 11.8 Å². The van der Waals surface area contributed by atoms with E-state index in [1.807, 2.05) is 83.1 Å². The standard InChI is InChI=1S/C27H24N4O2S/c32-26(22-5-3-20(4-6-22)21-11-13-28-14-12-21)29-23-7-9-24(10-8-23)30-15-17-31(18-16-30)27(33)25-2-1-19-34-25/h1-14,19H,15-18H2,(H,29,32). The minimum atomic E-state index is -0.144. The first-order valence-electron chi connectivity index (χ1n) is 11.2. The summed E-state index contributed by atoms with van der Waals surface area (Å²) >= 11 is 1.48. The number of hydrogen-bond acceptors (Lipinski definition) is 5. The van der Waals surface area contributed by atoms with Crippen LogP contribution < -0.4 is 10.2 Å². The molecule has 5 rings (SSSR count). The maximum atomic E-state index is 12.7. The van der Waals surface area contributed by atoms with Crippen molar-refractivity contribution in [3.8, 4) is 11.1 Å². The van der Waals surface area contributed by atoms with Crippen molar-refractivity contribution in [3.63, 3.8) is 0 Å². The molecule has 2 aromatic heterocycles. The third-order valence-corrected chi connectivity index (χ3v) is 6.81. The number of nitrogens with zero attached hydrogens (tertiary/aromatic N) is 3. The Kier molecular flexibility index (Phi) is 6.35. The maximum Gasteiger partial charge on any atom is 0.264 e. The number of carbonyl (C=O) groups is 2. The van der Waals surface area contributed by atoms with Crippen LogP contribution in [-0.2, 0) is 0 Å². The first-order chi connectivity index (χ1) is 16.7. The summed E-state index contributed by atoms with van der Waals surface area (Å²) in [5.41, 5.74) is 4.55. The summed E-state index contributed by atoms with van der Waals surface area (Å²) in [4.78, 5) is 34.2. The fraction of sp³-hybridized carbons (Fsp3) is 0.148. The van der Waals surface area contributed by atoms with Gasteiger partial charge in [0, 0.05) is 55.5 Å². The molecule has 7 heteroatoms. The summed E-state index contributed by atoms with van der Waals surface area (Å²) in [5.74, 6) is -0.0312. The molecule has 4 aromatic rings. The molecule has 0 bridgehead atoms. The summed E-state index contributed by atoms with van der Waals surface area (Å²) in [6.07, 6.45) is 3.51. The lowest BCUT2D eigenvalue weighted by atomic mass is 10.0. The van der Waals surface area contributed by atoms with Gasteiger partial charge in [-0.3, -0.25) is 14.6 Å². The van der Waals surface area contributed by atoms with Crippen molar-refractivity contribution in [1.29, 1.82) is 0 Å². The molecule has 1 N–H and O–H groups in total. The Bertz CT molecular complexity index is 1250. The predicted molar refractivity (Wildman–Crippen MR) is 137 cm³/mol. The monoisotopic (exact) mass is 468 g/mol. The Balaban J connectivity index is 1.16. The van der Waals surface area contributed by atoms with Crippen LogP contribution in [0.25, 0.3) is 11.1 Å². The zero-order valence-electron chi connectivity index (χ0n) is 18.6. The number of hydrogen-bond donors (Lipinski definition) is 1. The van der Waals surface area contributed by atoms with Crippen LogP contribution in [0.4, 0.5) is 11.4 Å². The van der Waals surface area contributed by atoms with E-state index in [0.29, 0.717) is 18.7 Å². The van der Waals surface area contributed by atoms with E-state index in [0.717, 1.165) is 40.5 Å². The zero-order chi connectivity index (χ0) is 23.3. The molecule has 1 fully saturated rings. The molecule has 0 spiro atoms. The molecule has 170 valence electrons. The van der Waals surface area contributed by atoms with E-state index >= 15 is 0 Å². The third kappa shape index (κ3) is 4.84. The van der Waals surface area contributed by atoms with Crippen molar-refractivity contribution in [2.75, 3.05) is 36.4 Å². The quantitative estimate of drug-likeness (QED) is 0.446. The van der Waals surface area contributed by atoms with Crippen LogP contribution in [0.15, 0.2) is 90.6 Å². The second-order valence-electron chi connectivity index (χ2n) is 8.07. The van der Waals surface area contributed by atoms with Gasteiger partial charge in [-0.1, -0.05) is 18.2 Å². The van der Waals surface area contributed by atoms with Gasteiger partial charge in [-0.2, -0.15) is 0 Å². The SMILES string of the molecule is O=C(Nc1ccc(N2CCN(C(=O)c3cccs3)CC2)cc1)c1ccc(-c2ccncc2)cc1. The number of carbonyl (C=O) groups excluding carboxylic acids is 2. The lowest BCUT2D eigenvalue weighted by molar-refractivity contribution is 0.0751. The zero-order valence-corrected chi connectivity index (χ0v) is 19.4. The number of pyridine rings is 1. The van der Waals surface area contributed by atoms with Gasteiger partial charge in [-0.15, -0.1) is 11.3 Å². The highest BCUT2D eigenvalue weighted by Gasteiger charge is 2.22. The summed E-state index contributed by atoms with van der Waals surface area (Å²) < 4.78 is 0. The molecule has 34 heavy (non-hydrogen) atoms. The minimum Gasteiger partial charge on any atom is -0.368 e. The molecular formula is C27H24N4O2S. The van der Waals surface area contributed by atoms with Gasteiger partial charge < -0.3 is 15.1 Å². The minimum absolute atomic E-state index is 0.113. The molecule has 0 atom stereocenters. The van der Waals surface area contributed by atoms with E-state index in [9.17, 15) is 9.59 Å². The van der Waals surface area contributed by atoms with Gasteiger partial charge in [0.05, 0.1) is 4.88 Å². The van der Waals surface area contributed by atoms with Crippen LogP contribution in [0.1, 0.15) is 20.0 Å². The summed E-state index contributed by atoms with van der Waals surface area (Å²) in [6, 6.07) is 23.1.